The molecule has 0 amide bonds. The molecule has 1 aromatic carbocycles. The fourth-order valence-electron chi connectivity index (χ4n) is 4.98. The minimum absolute atomic E-state index is 0.147. The quantitative estimate of drug-likeness (QED) is 0.706. The van der Waals surface area contributed by atoms with Crippen LogP contribution >= 0.6 is 0 Å². The van der Waals surface area contributed by atoms with Gasteiger partial charge >= 0.3 is 0 Å². The Bertz CT molecular complexity index is 532. The zero-order valence-corrected chi connectivity index (χ0v) is 15.7. The second-order valence-electron chi connectivity index (χ2n) is 7.30. The Morgan fingerprint density at radius 2 is 1.73 bits per heavy atom. The van der Waals surface area contributed by atoms with Gasteiger partial charge < -0.3 is 9.47 Å². The summed E-state index contributed by atoms with van der Waals surface area (Å²) in [5.74, 6) is 0. The molecular weight excluding hydrogens is 288 g/mol. The maximum absolute atomic E-state index is 6.56. The van der Waals surface area contributed by atoms with Crippen molar-refractivity contribution < 1.29 is 9.47 Å². The van der Waals surface area contributed by atoms with Crippen molar-refractivity contribution in [3.05, 3.63) is 35.4 Å². The molecule has 2 bridgehead atoms. The molecule has 3 rings (SSSR count). The first-order chi connectivity index (χ1) is 10.5. The van der Waals surface area contributed by atoms with Gasteiger partial charge in [-0.2, -0.15) is 0 Å². The van der Waals surface area contributed by atoms with Crippen LogP contribution < -0.4 is 0 Å². The van der Waals surface area contributed by atoms with Gasteiger partial charge in [-0.15, -0.1) is 0 Å². The molecule has 0 radical (unpaired) electrons. The molecule has 2 aliphatic heterocycles. The van der Waals surface area contributed by atoms with Crippen molar-refractivity contribution in [3.63, 3.8) is 0 Å². The van der Waals surface area contributed by atoms with Crippen molar-refractivity contribution in [2.24, 2.45) is 0 Å². The van der Waals surface area contributed by atoms with E-state index in [4.69, 9.17) is 9.47 Å². The summed E-state index contributed by atoms with van der Waals surface area (Å²) in [6, 6.07) is 13.0. The Labute approximate surface area is 136 Å². The van der Waals surface area contributed by atoms with Gasteiger partial charge in [0.15, 0.2) is 0 Å². The smallest absolute Gasteiger partial charge is 0.0942 e. The normalized spacial score (nSPS) is 33.8. The van der Waals surface area contributed by atoms with E-state index in [1.807, 2.05) is 7.11 Å². The minimum atomic E-state index is -1.44. The Hall–Kier alpha value is -0.643. The number of hydrogen-bond acceptors (Lipinski definition) is 2. The molecule has 0 unspecified atom stereocenters. The van der Waals surface area contributed by atoms with Gasteiger partial charge in [0.2, 0.25) is 0 Å². The summed E-state index contributed by atoms with van der Waals surface area (Å²) in [5.41, 5.74) is 3.41. The van der Waals surface area contributed by atoms with Crippen molar-refractivity contribution >= 4 is 8.07 Å². The lowest BCUT2D eigenvalue weighted by Gasteiger charge is -2.46. The number of benzene rings is 1. The highest BCUT2D eigenvalue weighted by Gasteiger charge is 2.58. The Balaban J connectivity index is 2.17. The van der Waals surface area contributed by atoms with E-state index in [2.05, 4.69) is 52.0 Å². The second kappa shape index (κ2) is 5.77. The lowest BCUT2D eigenvalue weighted by atomic mass is 9.94. The van der Waals surface area contributed by atoms with Gasteiger partial charge in [0.05, 0.1) is 25.9 Å². The van der Waals surface area contributed by atoms with Crippen molar-refractivity contribution in [2.45, 2.75) is 75.6 Å². The van der Waals surface area contributed by atoms with Gasteiger partial charge in [-0.1, -0.05) is 63.2 Å². The van der Waals surface area contributed by atoms with E-state index in [0.717, 1.165) is 6.42 Å². The molecule has 0 spiro atoms. The molecule has 0 aromatic heterocycles. The van der Waals surface area contributed by atoms with E-state index < -0.39 is 8.07 Å². The highest BCUT2D eigenvalue weighted by Crippen LogP contribution is 2.56. The largest absolute Gasteiger partial charge is 0.376 e. The van der Waals surface area contributed by atoms with E-state index in [1.165, 1.54) is 23.7 Å². The van der Waals surface area contributed by atoms with Crippen LogP contribution in [0.25, 0.3) is 0 Å². The number of methoxy groups -OCH3 is 1. The summed E-state index contributed by atoms with van der Waals surface area (Å²) in [7, 11) is 0.425. The van der Waals surface area contributed by atoms with Crippen LogP contribution in [0.2, 0.25) is 18.1 Å². The van der Waals surface area contributed by atoms with Crippen LogP contribution in [0.1, 0.15) is 56.9 Å². The molecule has 0 saturated carbocycles. The minimum Gasteiger partial charge on any atom is -0.376 e. The Morgan fingerprint density at radius 1 is 1.14 bits per heavy atom. The Kier molecular flexibility index (Phi) is 4.26. The molecule has 22 heavy (non-hydrogen) atoms. The van der Waals surface area contributed by atoms with E-state index >= 15 is 0 Å². The van der Waals surface area contributed by atoms with Gasteiger partial charge in [-0.3, -0.25) is 0 Å². The van der Waals surface area contributed by atoms with E-state index in [0.29, 0.717) is 5.54 Å². The zero-order valence-electron chi connectivity index (χ0n) is 14.7. The van der Waals surface area contributed by atoms with E-state index in [1.54, 1.807) is 5.56 Å². The van der Waals surface area contributed by atoms with Gasteiger partial charge in [-0.25, -0.2) is 0 Å². The Morgan fingerprint density at radius 3 is 2.27 bits per heavy atom. The summed E-state index contributed by atoms with van der Waals surface area (Å²) < 4.78 is 12.6. The van der Waals surface area contributed by atoms with Gasteiger partial charge in [-0.05, 0) is 18.1 Å². The summed E-state index contributed by atoms with van der Waals surface area (Å²) >= 11 is 0. The molecule has 3 heteroatoms. The summed E-state index contributed by atoms with van der Waals surface area (Å²) in [5, 5.41) is 0. The standard InChI is InChI=1S/C19H30O2Si/c1-6-22(7-2,8-3)17-15-12-10-9-11-14(15)16-13-19(4,20-5)18(17)21-16/h9-12,16-18H,6-8,13H2,1-5H3/t16-,17-,18-,19-/m0/s1. The molecule has 2 heterocycles. The number of hydrogen-bond donors (Lipinski definition) is 0. The third kappa shape index (κ3) is 2.13. The first kappa shape index (κ1) is 16.2. The van der Waals surface area contributed by atoms with Crippen LogP contribution in [-0.4, -0.2) is 26.9 Å². The topological polar surface area (TPSA) is 18.5 Å². The number of ether oxygens (including phenoxy) is 2. The first-order valence-electron chi connectivity index (χ1n) is 8.84. The highest BCUT2D eigenvalue weighted by molar-refractivity contribution is 6.81. The lowest BCUT2D eigenvalue weighted by Crippen LogP contribution is -2.53. The molecule has 1 aromatic rings. The third-order valence-corrected chi connectivity index (χ3v) is 12.9. The lowest BCUT2D eigenvalue weighted by molar-refractivity contribution is -0.0704. The molecule has 0 aliphatic carbocycles. The summed E-state index contributed by atoms with van der Waals surface area (Å²) in [6.45, 7) is 9.45. The third-order valence-electron chi connectivity index (χ3n) is 6.72. The predicted molar refractivity (Wildman–Crippen MR) is 94.0 cm³/mol. The first-order valence-corrected chi connectivity index (χ1v) is 11.5. The molecule has 122 valence electrons. The van der Waals surface area contributed by atoms with Crippen LogP contribution in [0.15, 0.2) is 24.3 Å². The van der Waals surface area contributed by atoms with E-state index in [-0.39, 0.29) is 17.8 Å². The monoisotopic (exact) mass is 318 g/mol. The maximum Gasteiger partial charge on any atom is 0.0942 e. The van der Waals surface area contributed by atoms with Crippen LogP contribution in [0, 0.1) is 0 Å². The van der Waals surface area contributed by atoms with E-state index in [9.17, 15) is 0 Å². The molecular formula is C19H30O2Si. The van der Waals surface area contributed by atoms with Gasteiger partial charge in [0.1, 0.15) is 0 Å². The van der Waals surface area contributed by atoms with Crippen LogP contribution in [-0.2, 0) is 9.47 Å². The molecule has 2 aliphatic rings. The number of rotatable bonds is 5. The molecule has 0 N–H and O–H groups in total. The fourth-order valence-corrected chi connectivity index (χ4v) is 9.79. The van der Waals surface area contributed by atoms with Crippen molar-refractivity contribution in [1.29, 1.82) is 0 Å². The molecule has 1 fully saturated rings. The fraction of sp³-hybridized carbons (Fsp3) is 0.684. The maximum atomic E-state index is 6.56. The second-order valence-corrected chi connectivity index (χ2v) is 12.8. The average molecular weight is 319 g/mol. The van der Waals surface area contributed by atoms with Crippen molar-refractivity contribution in [3.8, 4) is 0 Å². The van der Waals surface area contributed by atoms with Crippen LogP contribution in [0.3, 0.4) is 0 Å². The van der Waals surface area contributed by atoms with Gasteiger partial charge in [0.25, 0.3) is 0 Å². The average Bonchev–Trinajstić information content (AvgIpc) is 2.86. The van der Waals surface area contributed by atoms with Crippen molar-refractivity contribution in [1.82, 2.24) is 0 Å². The highest BCUT2D eigenvalue weighted by atomic mass is 28.3. The molecule has 2 nitrogen and oxygen atoms in total. The number of fused-ring (bicyclic) bond motifs is 4. The van der Waals surface area contributed by atoms with Gasteiger partial charge in [0, 0.05) is 19.1 Å². The van der Waals surface area contributed by atoms with Crippen LogP contribution in [0.4, 0.5) is 0 Å². The summed E-state index contributed by atoms with van der Waals surface area (Å²) in [4.78, 5) is 0. The van der Waals surface area contributed by atoms with Crippen molar-refractivity contribution in [2.75, 3.05) is 7.11 Å². The molecule has 1 saturated heterocycles. The summed E-state index contributed by atoms with van der Waals surface area (Å²) in [6.07, 6.45) is 1.44. The van der Waals surface area contributed by atoms with Crippen LogP contribution in [0.5, 0.6) is 0 Å². The zero-order chi connectivity index (χ0) is 16.0. The SMILES string of the molecule is CC[Si](CC)(CC)[C@H]1c2ccccc2[C@@H]2C[C@](C)(OC)[C@H]1O2. The predicted octanol–water partition coefficient (Wildman–Crippen LogP) is 5.07. The molecule has 4 atom stereocenters.